The monoisotopic (exact) mass is 295 g/mol. The van der Waals surface area contributed by atoms with Crippen LogP contribution in [0.5, 0.6) is 0 Å². The van der Waals surface area contributed by atoms with Crippen molar-refractivity contribution in [1.82, 2.24) is 5.32 Å². The number of amides is 1. The van der Waals surface area contributed by atoms with Crippen molar-refractivity contribution in [3.8, 4) is 0 Å². The number of thioether (sulfide) groups is 1. The second-order valence-electron chi connectivity index (χ2n) is 5.94. The van der Waals surface area contributed by atoms with Gasteiger partial charge >= 0.3 is 0 Å². The van der Waals surface area contributed by atoms with Crippen molar-refractivity contribution in [2.75, 3.05) is 18.9 Å². The largest absolute Gasteiger partial charge is 0.396 e. The number of aliphatic hydroxyl groups excluding tert-OH is 1. The van der Waals surface area contributed by atoms with Crippen LogP contribution in [0.1, 0.15) is 31.4 Å². The normalized spacial score (nSPS) is 11.4. The number of hydrogen-bond donors (Lipinski definition) is 2. The van der Waals surface area contributed by atoms with Crippen LogP contribution in [0.25, 0.3) is 0 Å². The van der Waals surface area contributed by atoms with Crippen molar-refractivity contribution in [3.05, 3.63) is 29.3 Å². The van der Waals surface area contributed by atoms with Crippen molar-refractivity contribution in [2.45, 2.75) is 39.0 Å². The first-order valence-electron chi connectivity index (χ1n) is 6.92. The van der Waals surface area contributed by atoms with E-state index in [1.807, 2.05) is 13.8 Å². The molecule has 0 atom stereocenters. The number of carbonyl (C=O) groups excluding carboxylic acids is 1. The van der Waals surface area contributed by atoms with Crippen LogP contribution in [0.15, 0.2) is 23.1 Å². The summed E-state index contributed by atoms with van der Waals surface area (Å²) < 4.78 is 0. The van der Waals surface area contributed by atoms with Gasteiger partial charge in [0.2, 0.25) is 5.91 Å². The molecule has 0 heterocycles. The molecule has 0 aromatic heterocycles. The number of hydrogen-bond acceptors (Lipinski definition) is 3. The molecule has 0 unspecified atom stereocenters. The molecule has 1 aromatic rings. The molecule has 0 bridgehead atoms. The third kappa shape index (κ3) is 5.97. The summed E-state index contributed by atoms with van der Waals surface area (Å²) in [6.07, 6.45) is 0.499. The molecule has 0 saturated carbocycles. The molecule has 0 fully saturated rings. The van der Waals surface area contributed by atoms with E-state index < -0.39 is 0 Å². The summed E-state index contributed by atoms with van der Waals surface area (Å²) in [5, 5.41) is 12.0. The Balaban J connectivity index is 2.30. The van der Waals surface area contributed by atoms with Crippen molar-refractivity contribution < 1.29 is 9.90 Å². The molecule has 0 spiro atoms. The highest BCUT2D eigenvalue weighted by molar-refractivity contribution is 7.99. The molecule has 0 saturated heterocycles. The summed E-state index contributed by atoms with van der Waals surface area (Å²) >= 11 is 1.70. The van der Waals surface area contributed by atoms with E-state index >= 15 is 0 Å². The fourth-order valence-corrected chi connectivity index (χ4v) is 2.49. The maximum Gasteiger partial charge on any atom is 0.220 e. The van der Waals surface area contributed by atoms with Gasteiger partial charge in [-0.1, -0.05) is 19.9 Å². The Hall–Kier alpha value is -1.00. The molecule has 3 nitrogen and oxygen atoms in total. The number of carbonyl (C=O) groups is 1. The van der Waals surface area contributed by atoms with Crippen molar-refractivity contribution in [1.29, 1.82) is 0 Å². The van der Waals surface area contributed by atoms with E-state index in [1.165, 1.54) is 16.0 Å². The molecule has 112 valence electrons. The molecule has 1 aromatic carbocycles. The van der Waals surface area contributed by atoms with Crippen LogP contribution in [-0.2, 0) is 4.79 Å². The minimum Gasteiger partial charge on any atom is -0.396 e. The summed E-state index contributed by atoms with van der Waals surface area (Å²) in [5.41, 5.74) is 2.32. The molecule has 0 radical (unpaired) electrons. The van der Waals surface area contributed by atoms with Crippen molar-refractivity contribution in [2.24, 2.45) is 5.41 Å². The smallest absolute Gasteiger partial charge is 0.220 e. The zero-order valence-corrected chi connectivity index (χ0v) is 13.6. The fraction of sp³-hybridized carbons (Fsp3) is 0.562. The average Bonchev–Trinajstić information content (AvgIpc) is 2.41. The van der Waals surface area contributed by atoms with Gasteiger partial charge in [-0.3, -0.25) is 4.79 Å². The third-order valence-electron chi connectivity index (χ3n) is 3.27. The summed E-state index contributed by atoms with van der Waals surface area (Å²) in [6, 6.07) is 6.37. The predicted octanol–water partition coefficient (Wildman–Crippen LogP) is 2.92. The zero-order chi connectivity index (χ0) is 15.2. The lowest BCUT2D eigenvalue weighted by atomic mass is 9.95. The van der Waals surface area contributed by atoms with Gasteiger partial charge in [0, 0.05) is 35.6 Å². The Morgan fingerprint density at radius 3 is 2.60 bits per heavy atom. The SMILES string of the molecule is Cc1ccc(SCCC(=O)NCC(C)(C)CO)cc1C. The number of benzene rings is 1. The van der Waals surface area contributed by atoms with Gasteiger partial charge in [0.1, 0.15) is 0 Å². The molecule has 0 aliphatic rings. The molecule has 0 aliphatic carbocycles. The highest BCUT2D eigenvalue weighted by Crippen LogP contribution is 2.21. The van der Waals surface area contributed by atoms with Crippen LogP contribution in [0, 0.1) is 19.3 Å². The van der Waals surface area contributed by atoms with E-state index in [0.717, 1.165) is 5.75 Å². The van der Waals surface area contributed by atoms with Crippen LogP contribution in [0.4, 0.5) is 0 Å². The molecule has 20 heavy (non-hydrogen) atoms. The van der Waals surface area contributed by atoms with Crippen LogP contribution < -0.4 is 5.32 Å². The van der Waals surface area contributed by atoms with E-state index in [9.17, 15) is 4.79 Å². The van der Waals surface area contributed by atoms with Crippen LogP contribution in [0.2, 0.25) is 0 Å². The molecule has 1 rings (SSSR count). The molecule has 2 N–H and O–H groups in total. The Kier molecular flexibility index (Phi) is 6.56. The van der Waals surface area contributed by atoms with Crippen LogP contribution in [-0.4, -0.2) is 29.9 Å². The van der Waals surface area contributed by atoms with E-state index in [0.29, 0.717) is 13.0 Å². The molecule has 1 amide bonds. The van der Waals surface area contributed by atoms with Gasteiger partial charge in [0.25, 0.3) is 0 Å². The van der Waals surface area contributed by atoms with Gasteiger partial charge in [-0.15, -0.1) is 11.8 Å². The Morgan fingerprint density at radius 2 is 2.00 bits per heavy atom. The standard InChI is InChI=1S/C16H25NO2S/c1-12-5-6-14(9-13(12)2)20-8-7-15(19)17-10-16(3,4)11-18/h5-6,9,18H,7-8,10-11H2,1-4H3,(H,17,19). The Labute approximate surface area is 126 Å². The van der Waals surface area contributed by atoms with Gasteiger partial charge < -0.3 is 10.4 Å². The lowest BCUT2D eigenvalue weighted by molar-refractivity contribution is -0.121. The first kappa shape index (κ1) is 17.1. The Morgan fingerprint density at radius 1 is 1.30 bits per heavy atom. The minimum absolute atomic E-state index is 0.0443. The first-order chi connectivity index (χ1) is 9.34. The zero-order valence-electron chi connectivity index (χ0n) is 12.8. The topological polar surface area (TPSA) is 49.3 Å². The van der Waals surface area contributed by atoms with E-state index in [4.69, 9.17) is 5.11 Å². The van der Waals surface area contributed by atoms with Gasteiger partial charge in [-0.05, 0) is 37.1 Å². The maximum atomic E-state index is 11.7. The first-order valence-corrected chi connectivity index (χ1v) is 7.90. The molecular weight excluding hydrogens is 270 g/mol. The lowest BCUT2D eigenvalue weighted by Gasteiger charge is -2.21. The van der Waals surface area contributed by atoms with E-state index in [1.54, 1.807) is 11.8 Å². The third-order valence-corrected chi connectivity index (χ3v) is 4.26. The van der Waals surface area contributed by atoms with Gasteiger partial charge in [-0.25, -0.2) is 0 Å². The molecule has 0 aliphatic heterocycles. The van der Waals surface area contributed by atoms with Crippen LogP contribution >= 0.6 is 11.8 Å². The van der Waals surface area contributed by atoms with Crippen molar-refractivity contribution >= 4 is 17.7 Å². The predicted molar refractivity (Wildman–Crippen MR) is 85.1 cm³/mol. The average molecular weight is 295 g/mol. The summed E-state index contributed by atoms with van der Waals surface area (Å²) in [5.74, 6) is 0.816. The molecular formula is C16H25NO2S. The quantitative estimate of drug-likeness (QED) is 0.760. The van der Waals surface area contributed by atoms with E-state index in [-0.39, 0.29) is 17.9 Å². The minimum atomic E-state index is -0.253. The highest BCUT2D eigenvalue weighted by Gasteiger charge is 2.17. The number of nitrogens with one attached hydrogen (secondary N) is 1. The summed E-state index contributed by atoms with van der Waals surface area (Å²) in [4.78, 5) is 12.9. The Bertz CT molecular complexity index is 458. The van der Waals surface area contributed by atoms with Crippen molar-refractivity contribution in [3.63, 3.8) is 0 Å². The van der Waals surface area contributed by atoms with Crippen LogP contribution in [0.3, 0.4) is 0 Å². The summed E-state index contributed by atoms with van der Waals surface area (Å²) in [7, 11) is 0. The summed E-state index contributed by atoms with van der Waals surface area (Å²) in [6.45, 7) is 8.64. The lowest BCUT2D eigenvalue weighted by Crippen LogP contribution is -2.36. The second-order valence-corrected chi connectivity index (χ2v) is 7.11. The number of aliphatic hydroxyl groups is 1. The molecule has 4 heteroatoms. The second kappa shape index (κ2) is 7.70. The van der Waals surface area contributed by atoms with Gasteiger partial charge in [-0.2, -0.15) is 0 Å². The highest BCUT2D eigenvalue weighted by atomic mass is 32.2. The maximum absolute atomic E-state index is 11.7. The van der Waals surface area contributed by atoms with E-state index in [2.05, 4.69) is 37.4 Å². The van der Waals surface area contributed by atoms with Gasteiger partial charge in [0.15, 0.2) is 0 Å². The number of rotatable bonds is 7. The number of aryl methyl sites for hydroxylation is 2. The van der Waals surface area contributed by atoms with Gasteiger partial charge in [0.05, 0.1) is 0 Å². The fourth-order valence-electron chi connectivity index (χ4n) is 1.55.